The van der Waals surface area contributed by atoms with E-state index in [1.165, 1.54) is 12.1 Å². The minimum atomic E-state index is -0.290. The smallest absolute Gasteiger partial charge is 0.322 e. The zero-order valence-corrected chi connectivity index (χ0v) is 17.3. The van der Waals surface area contributed by atoms with Crippen molar-refractivity contribution in [2.24, 2.45) is 0 Å². The number of anilines is 2. The molecule has 1 aliphatic rings. The highest BCUT2D eigenvalue weighted by Gasteiger charge is 2.27. The van der Waals surface area contributed by atoms with Gasteiger partial charge in [-0.05, 0) is 73.0 Å². The predicted octanol–water partition coefficient (Wildman–Crippen LogP) is 5.22. The van der Waals surface area contributed by atoms with Crippen LogP contribution in [0.5, 0.6) is 0 Å². The number of aryl methyl sites for hydroxylation is 1. The van der Waals surface area contributed by atoms with Crippen LogP contribution >= 0.6 is 0 Å². The summed E-state index contributed by atoms with van der Waals surface area (Å²) in [5.74, 6) is -0.484. The molecule has 1 heterocycles. The first-order valence-electron chi connectivity index (χ1n) is 10.3. The molecule has 1 saturated heterocycles. The molecule has 5 nitrogen and oxygen atoms in total. The number of urea groups is 1. The highest BCUT2D eigenvalue weighted by molar-refractivity contribution is 6.04. The zero-order valence-electron chi connectivity index (χ0n) is 17.3. The third-order valence-electron chi connectivity index (χ3n) is 5.31. The summed E-state index contributed by atoms with van der Waals surface area (Å²) < 4.78 is 13.1. The summed E-state index contributed by atoms with van der Waals surface area (Å²) in [6.07, 6.45) is 0.836. The van der Waals surface area contributed by atoms with Gasteiger partial charge in [0.25, 0.3) is 5.91 Å². The molecule has 0 aliphatic carbocycles. The molecule has 0 atom stereocenters. The first-order valence-corrected chi connectivity index (χ1v) is 10.3. The van der Waals surface area contributed by atoms with E-state index in [1.54, 1.807) is 46.2 Å². The van der Waals surface area contributed by atoms with Gasteiger partial charge in [-0.25, -0.2) is 9.18 Å². The predicted molar refractivity (Wildman–Crippen MR) is 120 cm³/mol. The number of carbonyl (C=O) groups is 2. The first kappa shape index (κ1) is 20.6. The fourth-order valence-electron chi connectivity index (χ4n) is 3.70. The molecule has 3 aromatic rings. The summed E-state index contributed by atoms with van der Waals surface area (Å²) in [5.41, 5.74) is 3.98. The van der Waals surface area contributed by atoms with Crippen LogP contribution in [0.15, 0.2) is 72.8 Å². The van der Waals surface area contributed by atoms with E-state index in [9.17, 15) is 14.0 Å². The Morgan fingerprint density at radius 2 is 1.74 bits per heavy atom. The number of benzene rings is 3. The fourth-order valence-corrected chi connectivity index (χ4v) is 3.70. The second kappa shape index (κ2) is 9.00. The van der Waals surface area contributed by atoms with Crippen molar-refractivity contribution in [2.45, 2.75) is 19.9 Å². The first-order chi connectivity index (χ1) is 15.0. The Morgan fingerprint density at radius 1 is 1.00 bits per heavy atom. The van der Waals surface area contributed by atoms with Crippen LogP contribution in [0.25, 0.3) is 0 Å². The minimum absolute atomic E-state index is 0.0902. The van der Waals surface area contributed by atoms with Crippen LogP contribution < -0.4 is 10.2 Å². The second-order valence-electron chi connectivity index (χ2n) is 7.71. The third-order valence-corrected chi connectivity index (χ3v) is 5.31. The number of amides is 3. The molecule has 6 heteroatoms. The van der Waals surface area contributed by atoms with Crippen LogP contribution in [-0.2, 0) is 6.54 Å². The largest absolute Gasteiger partial charge is 0.324 e. The average molecular weight is 417 g/mol. The van der Waals surface area contributed by atoms with Gasteiger partial charge in [-0.1, -0.05) is 24.3 Å². The monoisotopic (exact) mass is 417 g/mol. The Morgan fingerprint density at radius 3 is 2.45 bits per heavy atom. The van der Waals surface area contributed by atoms with Gasteiger partial charge in [0.05, 0.1) is 0 Å². The van der Waals surface area contributed by atoms with Gasteiger partial charge >= 0.3 is 6.03 Å². The minimum Gasteiger partial charge on any atom is -0.322 e. The number of carbonyl (C=O) groups excluding carboxylic acids is 2. The zero-order chi connectivity index (χ0) is 21.8. The molecule has 1 fully saturated rings. The molecule has 0 saturated carbocycles. The van der Waals surface area contributed by atoms with Crippen molar-refractivity contribution >= 4 is 23.3 Å². The van der Waals surface area contributed by atoms with E-state index in [4.69, 9.17) is 0 Å². The molecular weight excluding hydrogens is 393 g/mol. The Bertz CT molecular complexity index is 1080. The SMILES string of the molecule is Cc1cccc(NC(=O)c2ccc(N3CCCN(Cc4ccc(F)cc4)C3=O)cc2)c1. The van der Waals surface area contributed by atoms with Crippen molar-refractivity contribution in [3.63, 3.8) is 0 Å². The molecule has 0 aromatic heterocycles. The van der Waals surface area contributed by atoms with Crippen LogP contribution in [-0.4, -0.2) is 29.9 Å². The van der Waals surface area contributed by atoms with Crippen LogP contribution in [0.4, 0.5) is 20.6 Å². The number of hydrogen-bond donors (Lipinski definition) is 1. The Hall–Kier alpha value is -3.67. The summed E-state index contributed by atoms with van der Waals surface area (Å²) in [6.45, 7) is 3.68. The van der Waals surface area contributed by atoms with Gasteiger partial charge in [-0.15, -0.1) is 0 Å². The maximum absolute atomic E-state index is 13.1. The van der Waals surface area contributed by atoms with Crippen LogP contribution in [0.2, 0.25) is 0 Å². The lowest BCUT2D eigenvalue weighted by molar-refractivity contribution is 0.102. The lowest BCUT2D eigenvalue weighted by Gasteiger charge is -2.35. The molecule has 31 heavy (non-hydrogen) atoms. The summed E-state index contributed by atoms with van der Waals surface area (Å²) in [4.78, 5) is 29.0. The van der Waals surface area contributed by atoms with Gasteiger partial charge in [0.2, 0.25) is 0 Å². The van der Waals surface area contributed by atoms with Crippen molar-refractivity contribution in [2.75, 3.05) is 23.3 Å². The molecule has 0 unspecified atom stereocenters. The molecule has 3 aromatic carbocycles. The maximum Gasteiger partial charge on any atom is 0.324 e. The van der Waals surface area contributed by atoms with Crippen molar-refractivity contribution < 1.29 is 14.0 Å². The Labute approximate surface area is 181 Å². The quantitative estimate of drug-likeness (QED) is 0.619. The van der Waals surface area contributed by atoms with Crippen molar-refractivity contribution in [1.29, 1.82) is 0 Å². The highest BCUT2D eigenvalue weighted by atomic mass is 19.1. The van der Waals surface area contributed by atoms with Gasteiger partial charge in [-0.3, -0.25) is 9.69 Å². The van der Waals surface area contributed by atoms with Gasteiger partial charge in [0, 0.05) is 36.6 Å². The van der Waals surface area contributed by atoms with Crippen LogP contribution in [0.1, 0.15) is 27.9 Å². The van der Waals surface area contributed by atoms with Gasteiger partial charge < -0.3 is 10.2 Å². The molecule has 4 rings (SSSR count). The number of nitrogens with one attached hydrogen (secondary N) is 1. The van der Waals surface area contributed by atoms with E-state index in [1.807, 2.05) is 31.2 Å². The highest BCUT2D eigenvalue weighted by Crippen LogP contribution is 2.22. The maximum atomic E-state index is 13.1. The number of nitrogens with zero attached hydrogens (tertiary/aromatic N) is 2. The van der Waals surface area contributed by atoms with Crippen LogP contribution in [0.3, 0.4) is 0 Å². The summed E-state index contributed by atoms with van der Waals surface area (Å²) in [6, 6.07) is 20.8. The summed E-state index contributed by atoms with van der Waals surface area (Å²) in [5, 5.41) is 2.89. The van der Waals surface area contributed by atoms with E-state index >= 15 is 0 Å². The van der Waals surface area contributed by atoms with Crippen LogP contribution in [0, 0.1) is 12.7 Å². The lowest BCUT2D eigenvalue weighted by atomic mass is 10.1. The molecule has 0 spiro atoms. The van der Waals surface area contributed by atoms with E-state index in [2.05, 4.69) is 5.32 Å². The fraction of sp³-hybridized carbons (Fsp3) is 0.200. The molecule has 3 amide bonds. The van der Waals surface area contributed by atoms with Gasteiger partial charge in [0.1, 0.15) is 5.82 Å². The molecule has 0 radical (unpaired) electrons. The summed E-state index contributed by atoms with van der Waals surface area (Å²) in [7, 11) is 0. The van der Waals surface area contributed by atoms with Crippen molar-refractivity contribution in [3.05, 3.63) is 95.3 Å². The molecule has 1 aliphatic heterocycles. The van der Waals surface area contributed by atoms with E-state index in [0.29, 0.717) is 25.2 Å². The molecule has 0 bridgehead atoms. The van der Waals surface area contributed by atoms with E-state index in [-0.39, 0.29) is 17.8 Å². The second-order valence-corrected chi connectivity index (χ2v) is 7.71. The summed E-state index contributed by atoms with van der Waals surface area (Å²) >= 11 is 0. The Kier molecular flexibility index (Phi) is 5.98. The number of hydrogen-bond acceptors (Lipinski definition) is 2. The van der Waals surface area contributed by atoms with Gasteiger partial charge in [0.15, 0.2) is 0 Å². The number of rotatable bonds is 5. The normalized spacial score (nSPS) is 13.9. The molecule has 1 N–H and O–H groups in total. The standard InChI is InChI=1S/C25H24FN3O2/c1-18-4-2-5-22(16-18)27-24(30)20-8-12-23(13-9-20)29-15-3-14-28(25(29)31)17-19-6-10-21(26)11-7-19/h2,4-13,16H,3,14-15,17H2,1H3,(H,27,30). The third kappa shape index (κ3) is 4.91. The lowest BCUT2D eigenvalue weighted by Crippen LogP contribution is -2.49. The van der Waals surface area contributed by atoms with Crippen molar-refractivity contribution in [1.82, 2.24) is 4.90 Å². The van der Waals surface area contributed by atoms with E-state index < -0.39 is 0 Å². The molecular formula is C25H24FN3O2. The van der Waals surface area contributed by atoms with Crippen molar-refractivity contribution in [3.8, 4) is 0 Å². The molecule has 158 valence electrons. The average Bonchev–Trinajstić information content (AvgIpc) is 2.77. The number of halogens is 1. The van der Waals surface area contributed by atoms with E-state index in [0.717, 1.165) is 28.9 Å². The Balaban J connectivity index is 1.43. The van der Waals surface area contributed by atoms with Gasteiger partial charge in [-0.2, -0.15) is 0 Å². The topological polar surface area (TPSA) is 52.7 Å².